The van der Waals surface area contributed by atoms with E-state index in [1.165, 1.54) is 0 Å². The van der Waals surface area contributed by atoms with Gasteiger partial charge in [-0.25, -0.2) is 4.79 Å². The van der Waals surface area contributed by atoms with Crippen LogP contribution in [0.1, 0.15) is 0 Å². The van der Waals surface area contributed by atoms with Crippen molar-refractivity contribution in [3.05, 3.63) is 0 Å². The van der Waals surface area contributed by atoms with Crippen molar-refractivity contribution in [1.82, 2.24) is 0 Å². The van der Waals surface area contributed by atoms with E-state index in [0.29, 0.717) is 0 Å². The van der Waals surface area contributed by atoms with Gasteiger partial charge in [-0.15, -0.1) is 0 Å². The van der Waals surface area contributed by atoms with Gasteiger partial charge in [-0.2, -0.15) is 0 Å². The summed E-state index contributed by atoms with van der Waals surface area (Å²) in [6, 6.07) is 0. The number of aliphatic carboxylic acids is 1. The molecule has 0 spiro atoms. The van der Waals surface area contributed by atoms with Crippen LogP contribution in [0.25, 0.3) is 0 Å². The fraction of sp³-hybridized carbons (Fsp3) is 0.944. The average Bonchev–Trinajstić information content (AvgIpc) is 2.82. The molecule has 0 aliphatic carbocycles. The fourth-order valence-corrected chi connectivity index (χ4v) is 4.02. The molecule has 3 rings (SSSR count). The zero-order valence-electron chi connectivity index (χ0n) is 17.9. The molecule has 3 fully saturated rings. The van der Waals surface area contributed by atoms with E-state index in [4.69, 9.17) is 23.7 Å². The van der Waals surface area contributed by atoms with Gasteiger partial charge in [0.1, 0.15) is 67.1 Å². The molecule has 3 aliphatic heterocycles. The highest BCUT2D eigenvalue weighted by Gasteiger charge is 2.55. The first-order valence-electron chi connectivity index (χ1n) is 10.6. The Morgan fingerprint density at radius 3 is 1.69 bits per heavy atom. The van der Waals surface area contributed by atoms with Crippen LogP contribution in [0.4, 0.5) is 0 Å². The second kappa shape index (κ2) is 11.5. The van der Waals surface area contributed by atoms with Crippen LogP contribution in [-0.2, 0) is 28.5 Å². The largest absolute Gasteiger partial charge is 0.479 e. The van der Waals surface area contributed by atoms with Crippen molar-refractivity contribution in [2.24, 2.45) is 0 Å². The van der Waals surface area contributed by atoms with Crippen molar-refractivity contribution in [2.45, 2.75) is 92.1 Å². The van der Waals surface area contributed by atoms with Crippen molar-refractivity contribution < 1.29 is 84.7 Å². The Kier molecular flexibility index (Phi) is 9.35. The summed E-state index contributed by atoms with van der Waals surface area (Å²) in [6.45, 7) is -1.61. The maximum atomic E-state index is 11.8. The highest BCUT2D eigenvalue weighted by molar-refractivity contribution is 5.73. The molecule has 0 bridgehead atoms. The van der Waals surface area contributed by atoms with E-state index in [1.54, 1.807) is 0 Å². The van der Waals surface area contributed by atoms with E-state index >= 15 is 0 Å². The summed E-state index contributed by atoms with van der Waals surface area (Å²) >= 11 is 0. The number of carboxylic acid groups (broad SMARTS) is 1. The summed E-state index contributed by atoms with van der Waals surface area (Å²) in [7, 11) is 0. The Balaban J connectivity index is 1.77. The lowest BCUT2D eigenvalue weighted by atomic mass is 9.96. The Labute approximate surface area is 196 Å². The van der Waals surface area contributed by atoms with Crippen LogP contribution in [0.2, 0.25) is 0 Å². The van der Waals surface area contributed by atoms with Gasteiger partial charge in [-0.3, -0.25) is 0 Å². The summed E-state index contributed by atoms with van der Waals surface area (Å²) in [5, 5.41) is 109. The number of carbonyl (C=O) groups is 1. The molecule has 0 amide bonds. The summed E-state index contributed by atoms with van der Waals surface area (Å²) in [6.07, 6.45) is -27.9. The molecule has 3 aliphatic rings. The minimum absolute atomic E-state index is 0.797. The van der Waals surface area contributed by atoms with Crippen LogP contribution < -0.4 is 0 Å². The highest BCUT2D eigenvalue weighted by atomic mass is 16.8. The minimum Gasteiger partial charge on any atom is -0.479 e. The SMILES string of the molecule is O=C(O)[C@H]1O[C@@H](O[C@@H]2[C@@H](O)[C@@H](O)O[C@H](CO)[C@@H]2O)[C@H](O)[C@@H](O)[C@@H]1O[C@H]1O[C@H](CO)[C@H](O)[C@H](O)[C@H]1O. The first-order chi connectivity index (χ1) is 16.4. The third kappa shape index (κ3) is 5.59. The van der Waals surface area contributed by atoms with Gasteiger partial charge in [0.15, 0.2) is 25.0 Å². The van der Waals surface area contributed by atoms with Gasteiger partial charge in [0.25, 0.3) is 0 Å². The molecule has 35 heavy (non-hydrogen) atoms. The Hall–Kier alpha value is -1.13. The quantitative estimate of drug-likeness (QED) is 0.149. The van der Waals surface area contributed by atoms with E-state index in [0.717, 1.165) is 0 Å². The van der Waals surface area contributed by atoms with Crippen molar-refractivity contribution in [3.8, 4) is 0 Å². The number of ether oxygens (including phenoxy) is 5. The summed E-state index contributed by atoms with van der Waals surface area (Å²) in [5.74, 6) is -1.75. The lowest BCUT2D eigenvalue weighted by Crippen LogP contribution is -2.67. The van der Waals surface area contributed by atoms with Crippen LogP contribution in [0, 0.1) is 0 Å². The molecule has 15 atom stereocenters. The number of hydrogen-bond acceptors (Lipinski definition) is 16. The number of rotatable bonds is 7. The van der Waals surface area contributed by atoms with Gasteiger partial charge in [-0.05, 0) is 0 Å². The molecule has 3 heterocycles. The molecule has 0 aromatic heterocycles. The standard InChI is InChI=1S/C18H30O17/c19-1-3-5(21)7(23)9(25)17(32-3)34-13-8(24)10(26)18(35-14(13)15(28)29)33-12-6(22)4(2-20)31-16(30)11(12)27/h3-14,16-27,30H,1-2H2,(H,28,29)/t3-,4-,5+,6+,7+,8-,9-,10-,11-,12+,13+,14+,16+,17-,18-/m1/s1. The van der Waals surface area contributed by atoms with E-state index in [9.17, 15) is 61.0 Å². The highest BCUT2D eigenvalue weighted by Crippen LogP contribution is 2.32. The molecule has 17 heteroatoms. The molecule has 0 aromatic rings. The predicted octanol–water partition coefficient (Wildman–Crippen LogP) is -7.48. The summed E-state index contributed by atoms with van der Waals surface area (Å²) in [4.78, 5) is 11.8. The first-order valence-corrected chi connectivity index (χ1v) is 10.6. The first kappa shape index (κ1) is 28.4. The topological polar surface area (TPSA) is 286 Å². The number of carboxylic acids is 1. The Morgan fingerprint density at radius 1 is 0.600 bits per heavy atom. The predicted molar refractivity (Wildman–Crippen MR) is 102 cm³/mol. The lowest BCUT2D eigenvalue weighted by molar-refractivity contribution is -0.373. The maximum absolute atomic E-state index is 11.8. The van der Waals surface area contributed by atoms with Gasteiger partial charge < -0.3 is 79.9 Å². The van der Waals surface area contributed by atoms with Gasteiger partial charge in [0, 0.05) is 0 Å². The molecule has 0 saturated carbocycles. The minimum atomic E-state index is -2.12. The lowest BCUT2D eigenvalue weighted by Gasteiger charge is -2.47. The molecule has 0 unspecified atom stereocenters. The number of hydrogen-bond donors (Lipinski definition) is 11. The van der Waals surface area contributed by atoms with Crippen molar-refractivity contribution in [2.75, 3.05) is 13.2 Å². The molecular weight excluding hydrogens is 488 g/mol. The third-order valence-corrected chi connectivity index (χ3v) is 6.06. The smallest absolute Gasteiger partial charge is 0.335 e. The monoisotopic (exact) mass is 518 g/mol. The van der Waals surface area contributed by atoms with Crippen LogP contribution in [0.15, 0.2) is 0 Å². The normalized spacial score (nSPS) is 51.2. The Morgan fingerprint density at radius 2 is 1.11 bits per heavy atom. The van der Waals surface area contributed by atoms with Gasteiger partial charge in [0.05, 0.1) is 13.2 Å². The van der Waals surface area contributed by atoms with Crippen LogP contribution in [-0.4, -0.2) is 167 Å². The number of aliphatic hydroxyl groups excluding tert-OH is 10. The second-order valence-corrected chi connectivity index (χ2v) is 8.37. The third-order valence-electron chi connectivity index (χ3n) is 6.06. The molecular formula is C18H30O17. The van der Waals surface area contributed by atoms with E-state index in [-0.39, 0.29) is 0 Å². The van der Waals surface area contributed by atoms with Crippen molar-refractivity contribution in [1.29, 1.82) is 0 Å². The van der Waals surface area contributed by atoms with E-state index in [2.05, 4.69) is 0 Å². The molecule has 11 N–H and O–H groups in total. The second-order valence-electron chi connectivity index (χ2n) is 8.37. The van der Waals surface area contributed by atoms with Gasteiger partial charge >= 0.3 is 5.97 Å². The van der Waals surface area contributed by atoms with Gasteiger partial charge in [0.2, 0.25) is 0 Å². The zero-order chi connectivity index (χ0) is 26.2. The molecule has 0 radical (unpaired) electrons. The summed E-state index contributed by atoms with van der Waals surface area (Å²) in [5.41, 5.74) is 0. The summed E-state index contributed by atoms with van der Waals surface area (Å²) < 4.78 is 25.6. The Bertz CT molecular complexity index is 709. The van der Waals surface area contributed by atoms with Crippen molar-refractivity contribution in [3.63, 3.8) is 0 Å². The number of aliphatic hydroxyl groups is 10. The van der Waals surface area contributed by atoms with Crippen molar-refractivity contribution >= 4 is 5.97 Å². The molecule has 204 valence electrons. The molecule has 0 aromatic carbocycles. The fourth-order valence-electron chi connectivity index (χ4n) is 4.02. The van der Waals surface area contributed by atoms with Gasteiger partial charge in [-0.1, -0.05) is 0 Å². The zero-order valence-corrected chi connectivity index (χ0v) is 17.9. The molecule has 3 saturated heterocycles. The van der Waals surface area contributed by atoms with Crippen LogP contribution in [0.5, 0.6) is 0 Å². The van der Waals surface area contributed by atoms with E-state index < -0.39 is 111 Å². The maximum Gasteiger partial charge on any atom is 0.335 e. The van der Waals surface area contributed by atoms with E-state index in [1.807, 2.05) is 0 Å². The van der Waals surface area contributed by atoms with Crippen LogP contribution >= 0.6 is 0 Å². The molecule has 17 nitrogen and oxygen atoms in total. The average molecular weight is 518 g/mol. The van der Waals surface area contributed by atoms with Crippen LogP contribution in [0.3, 0.4) is 0 Å².